The molecule has 82 valence electrons. The van der Waals surface area contributed by atoms with E-state index in [0.29, 0.717) is 0 Å². The number of rotatable bonds is 2. The normalized spacial score (nSPS) is 43.6. The molecule has 0 spiro atoms. The summed E-state index contributed by atoms with van der Waals surface area (Å²) in [7, 11) is 0. The van der Waals surface area contributed by atoms with E-state index in [9.17, 15) is 15.0 Å². The predicted octanol–water partition coefficient (Wildman–Crippen LogP) is -3.08. The zero-order valence-electron chi connectivity index (χ0n) is 7.20. The van der Waals surface area contributed by atoms with Crippen LogP contribution >= 0.6 is 0 Å². The molecule has 1 fully saturated rings. The van der Waals surface area contributed by atoms with Crippen molar-refractivity contribution in [3.8, 4) is 0 Å². The topological polar surface area (TPSA) is 127 Å². The van der Waals surface area contributed by atoms with Gasteiger partial charge in [0.25, 0.3) is 0 Å². The SMILES string of the molecule is O=C(O)[C@]1(CO)OC[C@@H](O)[C@@H](O)[C@@H]1O. The van der Waals surface area contributed by atoms with Gasteiger partial charge in [-0.15, -0.1) is 0 Å². The molecule has 7 nitrogen and oxygen atoms in total. The van der Waals surface area contributed by atoms with Gasteiger partial charge in [0.15, 0.2) is 0 Å². The summed E-state index contributed by atoms with van der Waals surface area (Å²) in [5.41, 5.74) is -2.25. The highest BCUT2D eigenvalue weighted by molar-refractivity contribution is 5.79. The van der Waals surface area contributed by atoms with Gasteiger partial charge in [-0.25, -0.2) is 4.79 Å². The Morgan fingerprint density at radius 3 is 2.43 bits per heavy atom. The Morgan fingerprint density at radius 1 is 1.43 bits per heavy atom. The summed E-state index contributed by atoms with van der Waals surface area (Å²) in [5, 5.41) is 45.2. The van der Waals surface area contributed by atoms with E-state index in [1.54, 1.807) is 0 Å². The first kappa shape index (κ1) is 11.3. The van der Waals surface area contributed by atoms with Crippen molar-refractivity contribution in [1.82, 2.24) is 0 Å². The van der Waals surface area contributed by atoms with Gasteiger partial charge < -0.3 is 30.3 Å². The Bertz CT molecular complexity index is 230. The highest BCUT2D eigenvalue weighted by atomic mass is 16.6. The number of carboxylic acid groups (broad SMARTS) is 1. The van der Waals surface area contributed by atoms with Crippen LogP contribution in [-0.4, -0.2) is 68.6 Å². The number of aliphatic carboxylic acids is 1. The van der Waals surface area contributed by atoms with E-state index in [4.69, 9.17) is 15.3 Å². The molecule has 7 heteroatoms. The smallest absolute Gasteiger partial charge is 0.341 e. The number of carbonyl (C=O) groups is 1. The van der Waals surface area contributed by atoms with E-state index < -0.39 is 43.1 Å². The summed E-state index contributed by atoms with van der Waals surface area (Å²) in [5.74, 6) is -1.58. The molecule has 1 heterocycles. The number of hydrogen-bond donors (Lipinski definition) is 5. The Kier molecular flexibility index (Phi) is 3.07. The number of hydrogen-bond acceptors (Lipinski definition) is 6. The van der Waals surface area contributed by atoms with Gasteiger partial charge in [-0.3, -0.25) is 0 Å². The van der Waals surface area contributed by atoms with Crippen LogP contribution in [0, 0.1) is 0 Å². The standard InChI is InChI=1S/C7H12O7/c8-2-7(6(12)13)5(11)4(10)3(9)1-14-7/h3-5,8-11H,1-2H2,(H,12,13)/t3-,4-,5+,7-/m1/s1. The van der Waals surface area contributed by atoms with Crippen molar-refractivity contribution in [2.45, 2.75) is 23.9 Å². The molecular formula is C7H12O7. The third-order valence-corrected chi connectivity index (χ3v) is 2.30. The molecule has 1 aliphatic rings. The minimum absolute atomic E-state index is 0.453. The second-order valence-corrected chi connectivity index (χ2v) is 3.17. The van der Waals surface area contributed by atoms with Gasteiger partial charge in [-0.2, -0.15) is 0 Å². The van der Waals surface area contributed by atoms with Crippen LogP contribution in [0.2, 0.25) is 0 Å². The molecule has 1 aliphatic heterocycles. The van der Waals surface area contributed by atoms with Crippen molar-refractivity contribution in [2.75, 3.05) is 13.2 Å². The van der Waals surface area contributed by atoms with Crippen LogP contribution in [0.1, 0.15) is 0 Å². The van der Waals surface area contributed by atoms with Crippen LogP contribution in [0.4, 0.5) is 0 Å². The zero-order valence-corrected chi connectivity index (χ0v) is 7.20. The molecule has 0 unspecified atom stereocenters. The van der Waals surface area contributed by atoms with Crippen LogP contribution in [0.15, 0.2) is 0 Å². The quantitative estimate of drug-likeness (QED) is 0.325. The summed E-state index contributed by atoms with van der Waals surface area (Å²) in [6.45, 7) is -1.43. The van der Waals surface area contributed by atoms with E-state index in [1.165, 1.54) is 0 Å². The molecule has 0 aliphatic carbocycles. The maximum atomic E-state index is 10.7. The molecule has 0 saturated carbocycles. The lowest BCUT2D eigenvalue weighted by molar-refractivity contribution is -0.249. The van der Waals surface area contributed by atoms with Crippen molar-refractivity contribution in [3.63, 3.8) is 0 Å². The second-order valence-electron chi connectivity index (χ2n) is 3.17. The van der Waals surface area contributed by atoms with Gasteiger partial charge in [0.1, 0.15) is 18.3 Å². The maximum absolute atomic E-state index is 10.7. The molecule has 0 amide bonds. The lowest BCUT2D eigenvalue weighted by Crippen LogP contribution is -2.66. The Balaban J connectivity index is 2.93. The van der Waals surface area contributed by atoms with Crippen molar-refractivity contribution >= 4 is 5.97 Å². The Hall–Kier alpha value is -0.730. The van der Waals surface area contributed by atoms with Gasteiger partial charge in [-0.1, -0.05) is 0 Å². The Morgan fingerprint density at radius 2 is 2.00 bits per heavy atom. The summed E-state index contributed by atoms with van der Waals surface area (Å²) in [4.78, 5) is 10.7. The zero-order chi connectivity index (χ0) is 10.9. The van der Waals surface area contributed by atoms with Crippen molar-refractivity contribution in [2.24, 2.45) is 0 Å². The summed E-state index contributed by atoms with van der Waals surface area (Å²) >= 11 is 0. The molecule has 1 rings (SSSR count). The molecule has 5 N–H and O–H groups in total. The third-order valence-electron chi connectivity index (χ3n) is 2.30. The number of aliphatic hydroxyl groups excluding tert-OH is 4. The summed E-state index contributed by atoms with van der Waals surface area (Å²) in [6.07, 6.45) is -4.87. The first-order chi connectivity index (χ1) is 6.45. The van der Waals surface area contributed by atoms with E-state index >= 15 is 0 Å². The van der Waals surface area contributed by atoms with Gasteiger partial charge in [0.2, 0.25) is 5.60 Å². The minimum atomic E-state index is -2.25. The van der Waals surface area contributed by atoms with Gasteiger partial charge in [-0.05, 0) is 0 Å². The monoisotopic (exact) mass is 208 g/mol. The van der Waals surface area contributed by atoms with E-state index in [0.717, 1.165) is 0 Å². The largest absolute Gasteiger partial charge is 0.479 e. The van der Waals surface area contributed by atoms with Gasteiger partial charge >= 0.3 is 5.97 Å². The van der Waals surface area contributed by atoms with Crippen LogP contribution in [0.5, 0.6) is 0 Å². The number of carboxylic acids is 1. The van der Waals surface area contributed by atoms with Gasteiger partial charge in [0, 0.05) is 0 Å². The van der Waals surface area contributed by atoms with Crippen LogP contribution in [0.25, 0.3) is 0 Å². The predicted molar refractivity (Wildman–Crippen MR) is 41.4 cm³/mol. The molecule has 0 aromatic rings. The van der Waals surface area contributed by atoms with Crippen LogP contribution in [-0.2, 0) is 9.53 Å². The lowest BCUT2D eigenvalue weighted by Gasteiger charge is -2.41. The highest BCUT2D eigenvalue weighted by Gasteiger charge is 2.54. The average molecular weight is 208 g/mol. The highest BCUT2D eigenvalue weighted by Crippen LogP contribution is 2.26. The molecule has 14 heavy (non-hydrogen) atoms. The third kappa shape index (κ3) is 1.49. The molecule has 4 atom stereocenters. The minimum Gasteiger partial charge on any atom is -0.479 e. The molecular weight excluding hydrogens is 196 g/mol. The summed E-state index contributed by atoms with van der Waals surface area (Å²) in [6, 6.07) is 0. The average Bonchev–Trinajstić information content (AvgIpc) is 2.15. The van der Waals surface area contributed by atoms with Crippen LogP contribution < -0.4 is 0 Å². The van der Waals surface area contributed by atoms with E-state index in [1.807, 2.05) is 0 Å². The maximum Gasteiger partial charge on any atom is 0.341 e. The molecule has 0 aromatic carbocycles. The van der Waals surface area contributed by atoms with Crippen molar-refractivity contribution in [3.05, 3.63) is 0 Å². The Labute approximate surface area is 79.2 Å². The van der Waals surface area contributed by atoms with Crippen molar-refractivity contribution < 1.29 is 35.1 Å². The second kappa shape index (κ2) is 3.79. The molecule has 1 saturated heterocycles. The van der Waals surface area contributed by atoms with Gasteiger partial charge in [0.05, 0.1) is 13.2 Å². The van der Waals surface area contributed by atoms with E-state index in [2.05, 4.69) is 4.74 Å². The fraction of sp³-hybridized carbons (Fsp3) is 0.857. The first-order valence-corrected chi connectivity index (χ1v) is 3.98. The lowest BCUT2D eigenvalue weighted by atomic mass is 9.88. The summed E-state index contributed by atoms with van der Waals surface area (Å²) < 4.78 is 4.66. The number of aliphatic hydroxyl groups is 4. The molecule has 0 radical (unpaired) electrons. The first-order valence-electron chi connectivity index (χ1n) is 3.98. The van der Waals surface area contributed by atoms with Crippen molar-refractivity contribution in [1.29, 1.82) is 0 Å². The molecule has 0 aromatic heterocycles. The fourth-order valence-corrected chi connectivity index (χ4v) is 1.30. The van der Waals surface area contributed by atoms with Crippen LogP contribution in [0.3, 0.4) is 0 Å². The molecule has 0 bridgehead atoms. The fourth-order valence-electron chi connectivity index (χ4n) is 1.30. The van der Waals surface area contributed by atoms with E-state index in [-0.39, 0.29) is 0 Å². The number of ether oxygens (including phenoxy) is 1.